The van der Waals surface area contributed by atoms with Crippen molar-refractivity contribution in [3.05, 3.63) is 0 Å². The lowest BCUT2D eigenvalue weighted by Gasteiger charge is -2.18. The third-order valence-corrected chi connectivity index (χ3v) is 1.37. The van der Waals surface area contributed by atoms with Gasteiger partial charge in [0.05, 0.1) is 6.54 Å². The van der Waals surface area contributed by atoms with Crippen molar-refractivity contribution in [1.82, 2.24) is 5.32 Å². The number of hydrogen-bond acceptors (Lipinski definition) is 2. The molecule has 1 N–H and O–H groups in total. The van der Waals surface area contributed by atoms with E-state index in [-0.39, 0.29) is 11.2 Å². The van der Waals surface area contributed by atoms with Gasteiger partial charge in [-0.25, -0.2) is 0 Å². The van der Waals surface area contributed by atoms with Crippen LogP contribution in [-0.2, 0) is 4.79 Å². The molecule has 0 aliphatic heterocycles. The summed E-state index contributed by atoms with van der Waals surface area (Å²) in [6, 6.07) is 0. The summed E-state index contributed by atoms with van der Waals surface area (Å²) >= 11 is 0. The first-order valence-electron chi connectivity index (χ1n) is 4.18. The monoisotopic (exact) mass is 157 g/mol. The van der Waals surface area contributed by atoms with E-state index >= 15 is 0 Å². The standard InChI is InChI=1S/C9H19NO/c1-5-8(11)6-10-7-9(2,3)4/h10H,5-7H2,1-4H3. The van der Waals surface area contributed by atoms with Gasteiger partial charge in [0.25, 0.3) is 0 Å². The van der Waals surface area contributed by atoms with Gasteiger partial charge in [0, 0.05) is 13.0 Å². The zero-order chi connectivity index (χ0) is 8.91. The Morgan fingerprint density at radius 1 is 1.36 bits per heavy atom. The Labute approximate surface area is 69.4 Å². The molecule has 0 heterocycles. The van der Waals surface area contributed by atoms with Crippen LogP contribution in [0, 0.1) is 5.41 Å². The largest absolute Gasteiger partial charge is 0.309 e. The fourth-order valence-electron chi connectivity index (χ4n) is 0.702. The highest BCUT2D eigenvalue weighted by atomic mass is 16.1. The molecular weight excluding hydrogens is 138 g/mol. The SMILES string of the molecule is CCC(=O)CNCC(C)(C)C. The van der Waals surface area contributed by atoms with Gasteiger partial charge in [-0.05, 0) is 5.41 Å². The maximum absolute atomic E-state index is 10.8. The molecule has 0 aromatic rings. The van der Waals surface area contributed by atoms with Crippen molar-refractivity contribution < 1.29 is 4.79 Å². The maximum Gasteiger partial charge on any atom is 0.146 e. The third kappa shape index (κ3) is 7.53. The quantitative estimate of drug-likeness (QED) is 0.671. The molecular formula is C9H19NO. The second kappa shape index (κ2) is 4.50. The molecule has 11 heavy (non-hydrogen) atoms. The van der Waals surface area contributed by atoms with Crippen molar-refractivity contribution in [2.45, 2.75) is 34.1 Å². The van der Waals surface area contributed by atoms with Crippen LogP contribution < -0.4 is 5.32 Å². The van der Waals surface area contributed by atoms with Gasteiger partial charge >= 0.3 is 0 Å². The van der Waals surface area contributed by atoms with Crippen molar-refractivity contribution in [1.29, 1.82) is 0 Å². The second-order valence-electron chi connectivity index (χ2n) is 4.06. The van der Waals surface area contributed by atoms with Gasteiger partial charge in [-0.3, -0.25) is 4.79 Å². The van der Waals surface area contributed by atoms with Crippen molar-refractivity contribution in [2.24, 2.45) is 5.41 Å². The van der Waals surface area contributed by atoms with Crippen LogP contribution in [0.1, 0.15) is 34.1 Å². The van der Waals surface area contributed by atoms with E-state index in [4.69, 9.17) is 0 Å². The van der Waals surface area contributed by atoms with Gasteiger partial charge in [0.1, 0.15) is 5.78 Å². The van der Waals surface area contributed by atoms with Gasteiger partial charge in [-0.2, -0.15) is 0 Å². The molecule has 0 bridgehead atoms. The van der Waals surface area contributed by atoms with Gasteiger partial charge < -0.3 is 5.32 Å². The predicted molar refractivity (Wildman–Crippen MR) is 47.6 cm³/mol. The molecule has 0 aromatic carbocycles. The van der Waals surface area contributed by atoms with Crippen LogP contribution in [0.5, 0.6) is 0 Å². The Morgan fingerprint density at radius 2 is 1.91 bits per heavy atom. The number of rotatable bonds is 4. The number of nitrogens with one attached hydrogen (secondary N) is 1. The molecule has 66 valence electrons. The predicted octanol–water partition coefficient (Wildman–Crippen LogP) is 1.60. The van der Waals surface area contributed by atoms with Crippen LogP contribution in [0.3, 0.4) is 0 Å². The average molecular weight is 157 g/mol. The number of ketones is 1. The molecule has 0 fully saturated rings. The lowest BCUT2D eigenvalue weighted by molar-refractivity contribution is -0.118. The molecule has 2 nitrogen and oxygen atoms in total. The fourth-order valence-corrected chi connectivity index (χ4v) is 0.702. The summed E-state index contributed by atoms with van der Waals surface area (Å²) < 4.78 is 0. The van der Waals surface area contributed by atoms with Crippen molar-refractivity contribution >= 4 is 5.78 Å². The molecule has 0 amide bonds. The highest BCUT2D eigenvalue weighted by Gasteiger charge is 2.09. The molecule has 2 heteroatoms. The van der Waals surface area contributed by atoms with Gasteiger partial charge in [-0.1, -0.05) is 27.7 Å². The molecule has 0 aliphatic rings. The Balaban J connectivity index is 3.35. The minimum absolute atomic E-state index is 0.272. The van der Waals surface area contributed by atoms with Crippen LogP contribution in [-0.4, -0.2) is 18.9 Å². The summed E-state index contributed by atoms with van der Waals surface area (Å²) in [7, 11) is 0. The molecule has 0 aliphatic carbocycles. The summed E-state index contributed by atoms with van der Waals surface area (Å²) in [5.41, 5.74) is 0.272. The molecule has 0 atom stereocenters. The maximum atomic E-state index is 10.8. The van der Waals surface area contributed by atoms with E-state index in [2.05, 4.69) is 26.1 Å². The zero-order valence-corrected chi connectivity index (χ0v) is 8.03. The van der Waals surface area contributed by atoms with E-state index in [0.29, 0.717) is 13.0 Å². The van der Waals surface area contributed by atoms with Crippen molar-refractivity contribution in [3.63, 3.8) is 0 Å². The molecule has 0 aromatic heterocycles. The number of hydrogen-bond donors (Lipinski definition) is 1. The summed E-state index contributed by atoms with van der Waals surface area (Å²) in [5.74, 6) is 0.286. The van der Waals surface area contributed by atoms with E-state index in [9.17, 15) is 4.79 Å². The topological polar surface area (TPSA) is 29.1 Å². The van der Waals surface area contributed by atoms with E-state index in [0.717, 1.165) is 6.54 Å². The van der Waals surface area contributed by atoms with Crippen LogP contribution in [0.2, 0.25) is 0 Å². The summed E-state index contributed by atoms with van der Waals surface area (Å²) in [5, 5.41) is 3.13. The lowest BCUT2D eigenvalue weighted by atomic mass is 9.97. The first-order valence-corrected chi connectivity index (χ1v) is 4.18. The highest BCUT2D eigenvalue weighted by molar-refractivity contribution is 5.80. The van der Waals surface area contributed by atoms with E-state index in [1.165, 1.54) is 0 Å². The van der Waals surface area contributed by atoms with Crippen molar-refractivity contribution in [2.75, 3.05) is 13.1 Å². The lowest BCUT2D eigenvalue weighted by Crippen LogP contribution is -2.31. The smallest absolute Gasteiger partial charge is 0.146 e. The summed E-state index contributed by atoms with van der Waals surface area (Å²) in [6.45, 7) is 9.76. The Morgan fingerprint density at radius 3 is 2.27 bits per heavy atom. The minimum Gasteiger partial charge on any atom is -0.309 e. The summed E-state index contributed by atoms with van der Waals surface area (Å²) in [4.78, 5) is 10.8. The first-order chi connectivity index (χ1) is 4.95. The molecule has 0 radical (unpaired) electrons. The minimum atomic E-state index is 0.272. The molecule has 0 unspecified atom stereocenters. The van der Waals surface area contributed by atoms with Gasteiger partial charge in [-0.15, -0.1) is 0 Å². The Kier molecular flexibility index (Phi) is 4.34. The fraction of sp³-hybridized carbons (Fsp3) is 0.889. The number of carbonyl (C=O) groups is 1. The zero-order valence-electron chi connectivity index (χ0n) is 8.03. The number of Topliss-reactive ketones (excluding diaryl/α,β-unsaturated/α-hetero) is 1. The van der Waals surface area contributed by atoms with Gasteiger partial charge in [0.2, 0.25) is 0 Å². The highest BCUT2D eigenvalue weighted by Crippen LogP contribution is 2.09. The van der Waals surface area contributed by atoms with Gasteiger partial charge in [0.15, 0.2) is 0 Å². The summed E-state index contributed by atoms with van der Waals surface area (Å²) in [6.07, 6.45) is 0.636. The normalized spacial score (nSPS) is 11.6. The van der Waals surface area contributed by atoms with Crippen LogP contribution in [0.25, 0.3) is 0 Å². The molecule has 0 spiro atoms. The Bertz CT molecular complexity index is 124. The van der Waals surface area contributed by atoms with E-state index in [1.54, 1.807) is 0 Å². The van der Waals surface area contributed by atoms with Crippen LogP contribution in [0.15, 0.2) is 0 Å². The molecule has 0 rings (SSSR count). The second-order valence-corrected chi connectivity index (χ2v) is 4.06. The first kappa shape index (κ1) is 10.6. The Hall–Kier alpha value is -0.370. The molecule has 0 saturated heterocycles. The van der Waals surface area contributed by atoms with Crippen LogP contribution >= 0.6 is 0 Å². The third-order valence-electron chi connectivity index (χ3n) is 1.37. The number of carbonyl (C=O) groups excluding carboxylic acids is 1. The van der Waals surface area contributed by atoms with Crippen molar-refractivity contribution in [3.8, 4) is 0 Å². The molecule has 0 saturated carbocycles. The average Bonchev–Trinajstić information content (AvgIpc) is 1.85. The van der Waals surface area contributed by atoms with Crippen LogP contribution in [0.4, 0.5) is 0 Å². The van der Waals surface area contributed by atoms with E-state index in [1.807, 2.05) is 6.92 Å². The van der Waals surface area contributed by atoms with E-state index < -0.39 is 0 Å².